The minimum Gasteiger partial charge on any atom is -0.358 e. The van der Waals surface area contributed by atoms with Crippen LogP contribution in [-0.2, 0) is 16.1 Å². The number of carbonyl (C=O) groups is 3. The Morgan fingerprint density at radius 1 is 1.03 bits per heavy atom. The Morgan fingerprint density at radius 2 is 1.75 bits per heavy atom. The van der Waals surface area contributed by atoms with Gasteiger partial charge in [-0.15, -0.1) is 0 Å². The van der Waals surface area contributed by atoms with Crippen LogP contribution in [0.4, 0.5) is 11.4 Å². The molecule has 2 heterocycles. The van der Waals surface area contributed by atoms with Crippen molar-refractivity contribution in [3.8, 4) is 0 Å². The Bertz CT molecular complexity index is 1110. The van der Waals surface area contributed by atoms with Gasteiger partial charge in [0.05, 0.1) is 11.4 Å². The first-order valence-corrected chi connectivity index (χ1v) is 13.2. The predicted octanol–water partition coefficient (Wildman–Crippen LogP) is 4.31. The highest BCUT2D eigenvalue weighted by Crippen LogP contribution is 2.40. The van der Waals surface area contributed by atoms with Crippen molar-refractivity contribution in [3.63, 3.8) is 0 Å². The molecule has 2 aliphatic heterocycles. The lowest BCUT2D eigenvalue weighted by Crippen LogP contribution is -2.57. The lowest BCUT2D eigenvalue weighted by Gasteiger charge is -2.45. The Morgan fingerprint density at radius 3 is 2.42 bits per heavy atom. The zero-order valence-electron chi connectivity index (χ0n) is 21.9. The number of benzene rings is 2. The van der Waals surface area contributed by atoms with E-state index in [0.29, 0.717) is 36.8 Å². The monoisotopic (exact) mass is 490 g/mol. The first-order chi connectivity index (χ1) is 17.3. The van der Waals surface area contributed by atoms with Gasteiger partial charge in [0.2, 0.25) is 11.8 Å². The van der Waals surface area contributed by atoms with E-state index in [4.69, 9.17) is 0 Å². The number of fused-ring (bicyclic) bond motifs is 3. The van der Waals surface area contributed by atoms with Crippen molar-refractivity contribution < 1.29 is 14.4 Å². The van der Waals surface area contributed by atoms with Crippen molar-refractivity contribution in [3.05, 3.63) is 59.2 Å². The van der Waals surface area contributed by atoms with E-state index >= 15 is 0 Å². The lowest BCUT2D eigenvalue weighted by molar-refractivity contribution is -0.125. The SMILES string of the molecule is CCN(CC)C(=O)c1ccc2c(c1)N(CC(=O)NCc1ccc(C(C)C)cc1)C(=O)[C@@H]1CCCCN21. The molecular formula is C29H38N4O3. The molecule has 1 fully saturated rings. The maximum Gasteiger partial charge on any atom is 0.253 e. The highest BCUT2D eigenvalue weighted by molar-refractivity contribution is 6.09. The minimum atomic E-state index is -0.257. The fourth-order valence-corrected chi connectivity index (χ4v) is 5.17. The average Bonchev–Trinajstić information content (AvgIpc) is 2.90. The molecule has 1 atom stereocenters. The molecule has 0 aliphatic carbocycles. The largest absolute Gasteiger partial charge is 0.358 e. The summed E-state index contributed by atoms with van der Waals surface area (Å²) in [6, 6.07) is 13.6. The second-order valence-electron chi connectivity index (χ2n) is 9.98. The molecule has 0 bridgehead atoms. The number of carbonyl (C=O) groups excluding carboxylic acids is 3. The summed E-state index contributed by atoms with van der Waals surface area (Å²) in [5.41, 5.74) is 4.38. The fraction of sp³-hybridized carbons (Fsp3) is 0.483. The summed E-state index contributed by atoms with van der Waals surface area (Å²) >= 11 is 0. The Labute approximate surface area is 214 Å². The topological polar surface area (TPSA) is 73.0 Å². The summed E-state index contributed by atoms with van der Waals surface area (Å²) in [4.78, 5) is 45.1. The second-order valence-corrected chi connectivity index (χ2v) is 9.98. The quantitative estimate of drug-likeness (QED) is 0.598. The molecule has 4 rings (SSSR count). The molecule has 0 aromatic heterocycles. The van der Waals surface area contributed by atoms with Crippen LogP contribution < -0.4 is 15.1 Å². The van der Waals surface area contributed by atoms with Crippen LogP contribution in [0.25, 0.3) is 0 Å². The van der Waals surface area contributed by atoms with Crippen LogP contribution in [0.1, 0.15) is 74.4 Å². The number of hydrogen-bond donors (Lipinski definition) is 1. The van der Waals surface area contributed by atoms with Crippen LogP contribution in [0, 0.1) is 0 Å². The first kappa shape index (κ1) is 25.7. The van der Waals surface area contributed by atoms with Crippen LogP contribution in [0.2, 0.25) is 0 Å². The summed E-state index contributed by atoms with van der Waals surface area (Å²) in [7, 11) is 0. The van der Waals surface area contributed by atoms with E-state index in [2.05, 4.69) is 36.2 Å². The van der Waals surface area contributed by atoms with Gasteiger partial charge >= 0.3 is 0 Å². The molecule has 3 amide bonds. The molecule has 0 saturated carbocycles. The zero-order chi connectivity index (χ0) is 25.8. The summed E-state index contributed by atoms with van der Waals surface area (Å²) in [5, 5.41) is 2.97. The van der Waals surface area contributed by atoms with E-state index in [9.17, 15) is 14.4 Å². The van der Waals surface area contributed by atoms with E-state index in [1.54, 1.807) is 15.9 Å². The van der Waals surface area contributed by atoms with Gasteiger partial charge in [0, 0.05) is 31.7 Å². The molecule has 1 saturated heterocycles. The number of nitrogens with zero attached hydrogens (tertiary/aromatic N) is 3. The van der Waals surface area contributed by atoms with Crippen molar-refractivity contribution in [2.24, 2.45) is 0 Å². The lowest BCUT2D eigenvalue weighted by atomic mass is 9.95. The van der Waals surface area contributed by atoms with Crippen molar-refractivity contribution in [2.75, 3.05) is 36.0 Å². The Balaban J connectivity index is 1.56. The highest BCUT2D eigenvalue weighted by Gasteiger charge is 2.40. The number of piperidine rings is 1. The molecule has 7 heteroatoms. The van der Waals surface area contributed by atoms with Crippen molar-refractivity contribution in [2.45, 2.75) is 65.5 Å². The second kappa shape index (κ2) is 11.1. The third-order valence-corrected chi connectivity index (χ3v) is 7.36. The van der Waals surface area contributed by atoms with Crippen molar-refractivity contribution in [1.29, 1.82) is 0 Å². The zero-order valence-corrected chi connectivity index (χ0v) is 21.9. The standard InChI is InChI=1S/C29H38N4O3/c1-5-31(6-2)28(35)23-14-15-24-26(17-23)33(29(36)25-9-7-8-16-32(24)25)19-27(34)30-18-21-10-12-22(13-11-21)20(3)4/h10-15,17,20,25H,5-9,16,18-19H2,1-4H3,(H,30,34)/t25-/m0/s1. The van der Waals surface area contributed by atoms with Crippen LogP contribution >= 0.6 is 0 Å². The Hall–Kier alpha value is -3.35. The molecule has 0 spiro atoms. The summed E-state index contributed by atoms with van der Waals surface area (Å²) < 4.78 is 0. The van der Waals surface area contributed by atoms with Gasteiger partial charge in [-0.2, -0.15) is 0 Å². The molecular weight excluding hydrogens is 452 g/mol. The third-order valence-electron chi connectivity index (χ3n) is 7.36. The maximum absolute atomic E-state index is 13.6. The molecule has 36 heavy (non-hydrogen) atoms. The van der Waals surface area contributed by atoms with E-state index < -0.39 is 0 Å². The predicted molar refractivity (Wildman–Crippen MR) is 143 cm³/mol. The van der Waals surface area contributed by atoms with Crippen LogP contribution in [0.3, 0.4) is 0 Å². The van der Waals surface area contributed by atoms with Crippen LogP contribution in [0.15, 0.2) is 42.5 Å². The number of rotatable bonds is 8. The molecule has 2 aromatic carbocycles. The van der Waals surface area contributed by atoms with Gasteiger partial charge in [-0.25, -0.2) is 0 Å². The van der Waals surface area contributed by atoms with E-state index in [1.807, 2.05) is 38.1 Å². The summed E-state index contributed by atoms with van der Waals surface area (Å²) in [5.74, 6) is 0.111. The van der Waals surface area contributed by atoms with Gasteiger partial charge < -0.3 is 15.1 Å². The number of amides is 3. The normalized spacial score (nSPS) is 17.0. The smallest absolute Gasteiger partial charge is 0.253 e. The van der Waals surface area contributed by atoms with E-state index in [1.165, 1.54) is 5.56 Å². The third kappa shape index (κ3) is 5.25. The van der Waals surface area contributed by atoms with Crippen LogP contribution in [-0.4, -0.2) is 54.8 Å². The molecule has 1 N–H and O–H groups in total. The van der Waals surface area contributed by atoms with Crippen molar-refractivity contribution in [1.82, 2.24) is 10.2 Å². The Kier molecular flexibility index (Phi) is 7.97. The number of nitrogens with one attached hydrogen (secondary N) is 1. The molecule has 0 unspecified atom stereocenters. The highest BCUT2D eigenvalue weighted by atomic mass is 16.2. The molecule has 7 nitrogen and oxygen atoms in total. The molecule has 2 aliphatic rings. The van der Waals surface area contributed by atoms with Gasteiger partial charge in [-0.05, 0) is 68.4 Å². The van der Waals surface area contributed by atoms with E-state index in [0.717, 1.165) is 37.1 Å². The molecule has 0 radical (unpaired) electrons. The number of hydrogen-bond acceptors (Lipinski definition) is 4. The molecule has 2 aromatic rings. The summed E-state index contributed by atoms with van der Waals surface area (Å²) in [6.07, 6.45) is 2.80. The van der Waals surface area contributed by atoms with Crippen LogP contribution in [0.5, 0.6) is 0 Å². The average molecular weight is 491 g/mol. The van der Waals surface area contributed by atoms with Gasteiger partial charge in [0.1, 0.15) is 12.6 Å². The fourth-order valence-electron chi connectivity index (χ4n) is 5.17. The van der Waals surface area contributed by atoms with Gasteiger partial charge in [-0.1, -0.05) is 38.1 Å². The number of anilines is 2. The van der Waals surface area contributed by atoms with E-state index in [-0.39, 0.29) is 30.3 Å². The minimum absolute atomic E-state index is 0.0638. The van der Waals surface area contributed by atoms with Crippen molar-refractivity contribution >= 4 is 29.1 Å². The maximum atomic E-state index is 13.6. The van der Waals surface area contributed by atoms with Gasteiger partial charge in [0.15, 0.2) is 0 Å². The van der Waals surface area contributed by atoms with Gasteiger partial charge in [0.25, 0.3) is 5.91 Å². The first-order valence-electron chi connectivity index (χ1n) is 13.2. The summed E-state index contributed by atoms with van der Waals surface area (Å²) in [6.45, 7) is 10.6. The van der Waals surface area contributed by atoms with Gasteiger partial charge in [-0.3, -0.25) is 19.3 Å². The molecule has 192 valence electrons.